The molecule has 18 heavy (non-hydrogen) atoms. The number of aliphatic carboxylic acids is 2. The molecule has 1 aromatic heterocycles. The number of nitrogens with zero attached hydrogens (tertiary/aromatic N) is 1. The molecule has 100 valence electrons. The summed E-state index contributed by atoms with van der Waals surface area (Å²) >= 11 is 1.12. The van der Waals surface area contributed by atoms with E-state index in [2.05, 4.69) is 0 Å². The van der Waals surface area contributed by atoms with Gasteiger partial charge >= 0.3 is 11.9 Å². The Morgan fingerprint density at radius 2 is 2.11 bits per heavy atom. The Balaban J connectivity index is 2.96. The summed E-state index contributed by atoms with van der Waals surface area (Å²) in [7, 11) is -3.27. The van der Waals surface area contributed by atoms with E-state index >= 15 is 0 Å². The van der Waals surface area contributed by atoms with Crippen molar-refractivity contribution in [2.24, 2.45) is 0 Å². The highest BCUT2D eigenvalue weighted by Gasteiger charge is 2.30. The van der Waals surface area contributed by atoms with Gasteiger partial charge in [0.05, 0.1) is 5.00 Å². The second-order valence-corrected chi connectivity index (χ2v) is 5.36. The number of anilines is 1. The van der Waals surface area contributed by atoms with E-state index in [0.29, 0.717) is 5.00 Å². The van der Waals surface area contributed by atoms with Crippen LogP contribution in [0.5, 0.6) is 0 Å². The molecule has 0 saturated heterocycles. The van der Waals surface area contributed by atoms with Gasteiger partial charge in [-0.15, -0.1) is 11.3 Å². The largest absolute Gasteiger partial charge is 0.481 e. The van der Waals surface area contributed by atoms with Gasteiger partial charge in [0.2, 0.25) is 0 Å². The molecule has 0 saturated carbocycles. The van der Waals surface area contributed by atoms with Gasteiger partial charge in [-0.3, -0.25) is 14.0 Å². The van der Waals surface area contributed by atoms with Gasteiger partial charge in [0.25, 0.3) is 8.18 Å². The van der Waals surface area contributed by atoms with Crippen LogP contribution in [-0.4, -0.2) is 33.1 Å². The molecule has 7 nitrogen and oxygen atoms in total. The number of thiophene rings is 1. The molecule has 0 radical (unpaired) electrons. The predicted molar refractivity (Wildman–Crippen MR) is 66.3 cm³/mol. The van der Waals surface area contributed by atoms with Gasteiger partial charge in [0.15, 0.2) is 0 Å². The van der Waals surface area contributed by atoms with Crippen LogP contribution < -0.4 is 4.67 Å². The summed E-state index contributed by atoms with van der Waals surface area (Å²) in [6.45, 7) is 0. The SMILES string of the molecule is O=C(O)CCC(C(=O)O)N(c1cccs1)[PH](=O)O. The summed E-state index contributed by atoms with van der Waals surface area (Å²) < 4.78 is 12.2. The molecule has 0 aliphatic carbocycles. The quantitative estimate of drug-likeness (QED) is 0.648. The zero-order chi connectivity index (χ0) is 13.7. The van der Waals surface area contributed by atoms with Crippen LogP contribution in [0.3, 0.4) is 0 Å². The molecule has 0 amide bonds. The molecule has 9 heteroatoms. The lowest BCUT2D eigenvalue weighted by molar-refractivity contribution is -0.139. The molecule has 1 heterocycles. The zero-order valence-electron chi connectivity index (χ0n) is 9.15. The molecule has 0 spiro atoms. The van der Waals surface area contributed by atoms with E-state index in [1.54, 1.807) is 11.4 Å². The fraction of sp³-hybridized carbons (Fsp3) is 0.333. The molecule has 2 unspecified atom stereocenters. The molecule has 0 aliphatic heterocycles. The lowest BCUT2D eigenvalue weighted by Gasteiger charge is -2.26. The second-order valence-electron chi connectivity index (χ2n) is 3.39. The lowest BCUT2D eigenvalue weighted by Crippen LogP contribution is -2.36. The number of carboxylic acid groups (broad SMARTS) is 2. The van der Waals surface area contributed by atoms with Crippen molar-refractivity contribution in [3.63, 3.8) is 0 Å². The zero-order valence-corrected chi connectivity index (χ0v) is 11.0. The molecule has 0 aromatic carbocycles. The normalized spacial score (nSPS) is 13.8. The van der Waals surface area contributed by atoms with E-state index in [1.807, 2.05) is 0 Å². The van der Waals surface area contributed by atoms with Gasteiger partial charge in [-0.1, -0.05) is 0 Å². The van der Waals surface area contributed by atoms with E-state index in [-0.39, 0.29) is 12.8 Å². The topological polar surface area (TPSA) is 115 Å². The van der Waals surface area contributed by atoms with Crippen molar-refractivity contribution in [2.45, 2.75) is 18.9 Å². The van der Waals surface area contributed by atoms with Crippen LogP contribution in [0.25, 0.3) is 0 Å². The summed E-state index contributed by atoms with van der Waals surface area (Å²) in [6.07, 6.45) is -0.618. The minimum Gasteiger partial charge on any atom is -0.481 e. The van der Waals surface area contributed by atoms with Crippen molar-refractivity contribution in [2.75, 3.05) is 4.67 Å². The third-order valence-corrected chi connectivity index (χ3v) is 4.17. The van der Waals surface area contributed by atoms with Gasteiger partial charge in [-0.2, -0.15) is 0 Å². The Labute approximate surface area is 107 Å². The molecule has 2 atom stereocenters. The Hall–Kier alpha value is -1.37. The van der Waals surface area contributed by atoms with Crippen LogP contribution in [0, 0.1) is 0 Å². The summed E-state index contributed by atoms with van der Waals surface area (Å²) in [5, 5.41) is 19.6. The smallest absolute Gasteiger partial charge is 0.326 e. The molecule has 0 fully saturated rings. The summed E-state index contributed by atoms with van der Waals surface area (Å²) in [5.74, 6) is -2.47. The van der Waals surface area contributed by atoms with Crippen molar-refractivity contribution in [3.05, 3.63) is 17.5 Å². The first kappa shape index (κ1) is 14.7. The lowest BCUT2D eigenvalue weighted by atomic mass is 10.1. The van der Waals surface area contributed by atoms with Crippen LogP contribution in [-0.2, 0) is 14.2 Å². The highest BCUT2D eigenvalue weighted by atomic mass is 32.1. The Bertz CT molecular complexity index is 448. The maximum atomic E-state index is 11.3. The first-order valence-electron chi connectivity index (χ1n) is 4.93. The van der Waals surface area contributed by atoms with Crippen LogP contribution in [0.15, 0.2) is 17.5 Å². The molecule has 0 aliphatic rings. The highest BCUT2D eigenvalue weighted by molar-refractivity contribution is 7.41. The Morgan fingerprint density at radius 1 is 1.44 bits per heavy atom. The maximum Gasteiger partial charge on any atom is 0.326 e. The molecule has 0 bridgehead atoms. The number of carboxylic acids is 2. The molecule has 1 aromatic rings. The van der Waals surface area contributed by atoms with E-state index in [4.69, 9.17) is 10.2 Å². The van der Waals surface area contributed by atoms with Crippen molar-refractivity contribution in [1.82, 2.24) is 0 Å². The van der Waals surface area contributed by atoms with E-state index in [9.17, 15) is 19.0 Å². The number of hydrogen-bond donors (Lipinski definition) is 3. The van der Waals surface area contributed by atoms with Gasteiger partial charge in [-0.05, 0) is 23.9 Å². The predicted octanol–water partition coefficient (Wildman–Crippen LogP) is 1.25. The van der Waals surface area contributed by atoms with Crippen molar-refractivity contribution < 1.29 is 29.3 Å². The number of rotatable bonds is 7. The van der Waals surface area contributed by atoms with Crippen LogP contribution in [0.4, 0.5) is 5.00 Å². The summed E-state index contributed by atoms with van der Waals surface area (Å²) in [4.78, 5) is 30.8. The average Bonchev–Trinajstić information content (AvgIpc) is 2.75. The number of carbonyl (C=O) groups is 2. The minimum absolute atomic E-state index is 0.237. The van der Waals surface area contributed by atoms with Crippen molar-refractivity contribution in [3.8, 4) is 0 Å². The molecule has 1 rings (SSSR count). The third-order valence-electron chi connectivity index (χ3n) is 2.18. The van der Waals surface area contributed by atoms with Crippen LogP contribution in [0.1, 0.15) is 12.8 Å². The van der Waals surface area contributed by atoms with Crippen molar-refractivity contribution in [1.29, 1.82) is 0 Å². The first-order chi connectivity index (χ1) is 8.43. The fourth-order valence-electron chi connectivity index (χ4n) is 1.41. The van der Waals surface area contributed by atoms with Gasteiger partial charge in [0.1, 0.15) is 6.04 Å². The molecular formula is C9H12NO6PS. The summed E-state index contributed by atoms with van der Waals surface area (Å²) in [5.41, 5.74) is 0. The monoisotopic (exact) mass is 293 g/mol. The van der Waals surface area contributed by atoms with Gasteiger partial charge in [0, 0.05) is 6.42 Å². The van der Waals surface area contributed by atoms with Crippen molar-refractivity contribution >= 4 is 36.5 Å². The van der Waals surface area contributed by atoms with E-state index in [1.165, 1.54) is 6.07 Å². The maximum absolute atomic E-state index is 11.3. The fourth-order valence-corrected chi connectivity index (χ4v) is 3.27. The number of hydrogen-bond acceptors (Lipinski definition) is 4. The third kappa shape index (κ3) is 3.83. The summed E-state index contributed by atoms with van der Waals surface area (Å²) in [6, 6.07) is 1.81. The van der Waals surface area contributed by atoms with Crippen LogP contribution >= 0.6 is 19.5 Å². The Morgan fingerprint density at radius 3 is 2.50 bits per heavy atom. The highest BCUT2D eigenvalue weighted by Crippen LogP contribution is 2.36. The minimum atomic E-state index is -3.27. The van der Waals surface area contributed by atoms with Gasteiger partial charge < -0.3 is 15.1 Å². The Kier molecular flexibility index (Phi) is 5.33. The molecule has 3 N–H and O–H groups in total. The van der Waals surface area contributed by atoms with E-state index in [0.717, 1.165) is 16.0 Å². The first-order valence-corrected chi connectivity index (χ1v) is 7.12. The second kappa shape index (κ2) is 6.53. The average molecular weight is 293 g/mol. The standard InChI is InChI=1S/C9H12NO6PS/c11-8(12)4-3-6(9(13)14)10(17(15)16)7-2-1-5-18-7/h1-2,5-6,17H,3-4H2,(H,11,12)(H,13,14)(H,15,16). The van der Waals surface area contributed by atoms with Gasteiger partial charge in [-0.25, -0.2) is 4.79 Å². The van der Waals surface area contributed by atoms with E-state index < -0.39 is 26.2 Å². The van der Waals surface area contributed by atoms with Crippen LogP contribution in [0.2, 0.25) is 0 Å². The molecular weight excluding hydrogens is 281 g/mol.